The van der Waals surface area contributed by atoms with Gasteiger partial charge in [-0.2, -0.15) is 0 Å². The number of rotatable bonds is 4. The summed E-state index contributed by atoms with van der Waals surface area (Å²) in [6.07, 6.45) is 3.04. The van der Waals surface area contributed by atoms with E-state index in [2.05, 4.69) is 5.32 Å². The van der Waals surface area contributed by atoms with Crippen LogP contribution < -0.4 is 5.32 Å². The molecule has 0 bridgehead atoms. The summed E-state index contributed by atoms with van der Waals surface area (Å²) in [6, 6.07) is 6.23. The molecule has 1 aliphatic heterocycles. The van der Waals surface area contributed by atoms with Crippen LogP contribution in [0.1, 0.15) is 29.6 Å². The minimum absolute atomic E-state index is 0.0481. The molecule has 1 aliphatic rings. The molecular formula is C14H19FN2O. The van der Waals surface area contributed by atoms with E-state index in [9.17, 15) is 9.18 Å². The Labute approximate surface area is 107 Å². The molecule has 1 aromatic carbocycles. The summed E-state index contributed by atoms with van der Waals surface area (Å²) < 4.78 is 13.1. The summed E-state index contributed by atoms with van der Waals surface area (Å²) in [7, 11) is 1.91. The van der Waals surface area contributed by atoms with Crippen LogP contribution in [-0.4, -0.2) is 37.0 Å². The number of benzene rings is 1. The van der Waals surface area contributed by atoms with Crippen LogP contribution in [0.25, 0.3) is 0 Å². The van der Waals surface area contributed by atoms with E-state index < -0.39 is 0 Å². The molecule has 4 heteroatoms. The summed E-state index contributed by atoms with van der Waals surface area (Å²) in [4.78, 5) is 14.2. The second kappa shape index (κ2) is 5.96. The van der Waals surface area contributed by atoms with E-state index in [1.54, 1.807) is 12.1 Å². The van der Waals surface area contributed by atoms with Gasteiger partial charge in [0.15, 0.2) is 0 Å². The minimum atomic E-state index is -0.355. The maximum atomic E-state index is 13.1. The van der Waals surface area contributed by atoms with Gasteiger partial charge in [-0.05, 0) is 51.1 Å². The molecule has 1 atom stereocenters. The van der Waals surface area contributed by atoms with Gasteiger partial charge in [0, 0.05) is 18.2 Å². The molecule has 1 aromatic rings. The highest BCUT2D eigenvalue weighted by Crippen LogP contribution is 2.22. The van der Waals surface area contributed by atoms with Crippen molar-refractivity contribution in [1.29, 1.82) is 0 Å². The van der Waals surface area contributed by atoms with Crippen molar-refractivity contribution < 1.29 is 9.18 Å². The third kappa shape index (κ3) is 2.88. The molecule has 0 saturated carbocycles. The average molecular weight is 250 g/mol. The van der Waals surface area contributed by atoms with Crippen LogP contribution in [0.3, 0.4) is 0 Å². The number of carbonyl (C=O) groups is 1. The van der Waals surface area contributed by atoms with Gasteiger partial charge in [-0.1, -0.05) is 6.07 Å². The molecule has 18 heavy (non-hydrogen) atoms. The normalized spacial score (nSPS) is 19.2. The Morgan fingerprint density at radius 3 is 3.11 bits per heavy atom. The van der Waals surface area contributed by atoms with E-state index in [0.29, 0.717) is 5.56 Å². The van der Waals surface area contributed by atoms with Gasteiger partial charge in [-0.25, -0.2) is 4.39 Å². The first kappa shape index (κ1) is 13.0. The summed E-state index contributed by atoms with van der Waals surface area (Å²) in [5.41, 5.74) is 0.450. The molecular weight excluding hydrogens is 231 g/mol. The van der Waals surface area contributed by atoms with Crippen molar-refractivity contribution in [1.82, 2.24) is 10.2 Å². The minimum Gasteiger partial charge on any atom is -0.336 e. The highest BCUT2D eigenvalue weighted by Gasteiger charge is 2.28. The number of hydrogen-bond donors (Lipinski definition) is 1. The first-order chi connectivity index (χ1) is 8.72. The monoisotopic (exact) mass is 250 g/mol. The molecule has 1 fully saturated rings. The Kier molecular flexibility index (Phi) is 4.31. The molecule has 1 saturated heterocycles. The van der Waals surface area contributed by atoms with Crippen LogP contribution in [0.2, 0.25) is 0 Å². The highest BCUT2D eigenvalue weighted by molar-refractivity contribution is 5.94. The molecule has 0 spiro atoms. The quantitative estimate of drug-likeness (QED) is 0.887. The van der Waals surface area contributed by atoms with E-state index in [1.165, 1.54) is 12.1 Å². The van der Waals surface area contributed by atoms with Crippen molar-refractivity contribution in [2.75, 3.05) is 20.1 Å². The van der Waals surface area contributed by atoms with Crippen molar-refractivity contribution in [3.63, 3.8) is 0 Å². The average Bonchev–Trinajstić information content (AvgIpc) is 2.83. The summed E-state index contributed by atoms with van der Waals surface area (Å²) in [6.45, 7) is 1.68. The van der Waals surface area contributed by atoms with Crippen molar-refractivity contribution in [3.8, 4) is 0 Å². The van der Waals surface area contributed by atoms with Gasteiger partial charge in [0.2, 0.25) is 0 Å². The fourth-order valence-electron chi connectivity index (χ4n) is 2.50. The molecule has 98 valence electrons. The number of nitrogens with one attached hydrogen (secondary N) is 1. The van der Waals surface area contributed by atoms with Gasteiger partial charge in [0.05, 0.1) is 0 Å². The van der Waals surface area contributed by atoms with Gasteiger partial charge in [0.1, 0.15) is 5.82 Å². The molecule has 3 nitrogen and oxygen atoms in total. The zero-order valence-corrected chi connectivity index (χ0v) is 10.7. The van der Waals surface area contributed by atoms with Crippen LogP contribution >= 0.6 is 0 Å². The first-order valence-corrected chi connectivity index (χ1v) is 6.43. The van der Waals surface area contributed by atoms with E-state index in [1.807, 2.05) is 11.9 Å². The van der Waals surface area contributed by atoms with Crippen LogP contribution in [0, 0.1) is 5.82 Å². The topological polar surface area (TPSA) is 32.3 Å². The van der Waals surface area contributed by atoms with Crippen LogP contribution in [0.4, 0.5) is 4.39 Å². The largest absolute Gasteiger partial charge is 0.336 e. The molecule has 1 N–H and O–H groups in total. The number of hydrogen-bond acceptors (Lipinski definition) is 2. The summed E-state index contributed by atoms with van der Waals surface area (Å²) in [5, 5.41) is 3.10. The standard InChI is InChI=1S/C14H19FN2O/c1-16-8-7-13-6-3-9-17(13)14(18)11-4-2-5-12(15)10-11/h2,4-5,10,13,16H,3,6-9H2,1H3. The molecule has 1 heterocycles. The van der Waals surface area contributed by atoms with E-state index in [-0.39, 0.29) is 17.8 Å². The van der Waals surface area contributed by atoms with Crippen molar-refractivity contribution in [3.05, 3.63) is 35.6 Å². The first-order valence-electron chi connectivity index (χ1n) is 6.43. The lowest BCUT2D eigenvalue weighted by Gasteiger charge is -2.24. The molecule has 1 unspecified atom stereocenters. The zero-order chi connectivity index (χ0) is 13.0. The van der Waals surface area contributed by atoms with Crippen LogP contribution in [0.15, 0.2) is 24.3 Å². The third-order valence-corrected chi connectivity index (χ3v) is 3.44. The number of halogens is 1. The second-order valence-corrected chi connectivity index (χ2v) is 4.70. The van der Waals surface area contributed by atoms with Crippen molar-refractivity contribution >= 4 is 5.91 Å². The van der Waals surface area contributed by atoms with Gasteiger partial charge < -0.3 is 10.2 Å². The fraction of sp³-hybridized carbons (Fsp3) is 0.500. The van der Waals surface area contributed by atoms with Gasteiger partial charge in [-0.3, -0.25) is 4.79 Å². The van der Waals surface area contributed by atoms with Crippen LogP contribution in [0.5, 0.6) is 0 Å². The molecule has 0 aliphatic carbocycles. The zero-order valence-electron chi connectivity index (χ0n) is 10.7. The number of amides is 1. The molecule has 1 amide bonds. The second-order valence-electron chi connectivity index (χ2n) is 4.70. The Hall–Kier alpha value is -1.42. The van der Waals surface area contributed by atoms with Crippen molar-refractivity contribution in [2.45, 2.75) is 25.3 Å². The van der Waals surface area contributed by atoms with E-state index in [0.717, 1.165) is 32.4 Å². The molecule has 0 aromatic heterocycles. The lowest BCUT2D eigenvalue weighted by Crippen LogP contribution is -2.37. The van der Waals surface area contributed by atoms with Gasteiger partial charge in [-0.15, -0.1) is 0 Å². The summed E-state index contributed by atoms with van der Waals surface area (Å²) in [5.74, 6) is -0.403. The van der Waals surface area contributed by atoms with Crippen LogP contribution in [-0.2, 0) is 0 Å². The Morgan fingerprint density at radius 2 is 2.39 bits per heavy atom. The summed E-state index contributed by atoms with van der Waals surface area (Å²) >= 11 is 0. The van der Waals surface area contributed by atoms with Crippen molar-refractivity contribution in [2.24, 2.45) is 0 Å². The highest BCUT2D eigenvalue weighted by atomic mass is 19.1. The Morgan fingerprint density at radius 1 is 1.56 bits per heavy atom. The number of nitrogens with zero attached hydrogens (tertiary/aromatic N) is 1. The lowest BCUT2D eigenvalue weighted by molar-refractivity contribution is 0.0730. The van der Waals surface area contributed by atoms with Gasteiger partial charge >= 0.3 is 0 Å². The van der Waals surface area contributed by atoms with Gasteiger partial charge in [0.25, 0.3) is 5.91 Å². The predicted molar refractivity (Wildman–Crippen MR) is 69.0 cm³/mol. The predicted octanol–water partition coefficient (Wildman–Crippen LogP) is 2.04. The Balaban J connectivity index is 2.08. The lowest BCUT2D eigenvalue weighted by atomic mass is 10.1. The molecule has 2 rings (SSSR count). The molecule has 0 radical (unpaired) electrons. The SMILES string of the molecule is CNCCC1CCCN1C(=O)c1cccc(F)c1. The number of carbonyl (C=O) groups excluding carboxylic acids is 1. The maximum Gasteiger partial charge on any atom is 0.254 e. The maximum absolute atomic E-state index is 13.1. The third-order valence-electron chi connectivity index (χ3n) is 3.44. The number of likely N-dealkylation sites (tertiary alicyclic amines) is 1. The Bertz CT molecular complexity index is 422. The van der Waals surface area contributed by atoms with E-state index >= 15 is 0 Å². The smallest absolute Gasteiger partial charge is 0.254 e. The fourth-order valence-corrected chi connectivity index (χ4v) is 2.50. The van der Waals surface area contributed by atoms with E-state index in [4.69, 9.17) is 0 Å².